The van der Waals surface area contributed by atoms with E-state index < -0.39 is 6.10 Å². The molecule has 1 aromatic rings. The topological polar surface area (TPSA) is 20.2 Å². The van der Waals surface area contributed by atoms with Crippen molar-refractivity contribution < 1.29 is 9.50 Å². The Kier molecular flexibility index (Phi) is 2.95. The molecule has 1 aromatic carbocycles. The molecule has 1 N–H and O–H groups in total. The van der Waals surface area contributed by atoms with Crippen LogP contribution in [-0.2, 0) is 0 Å². The molecule has 0 saturated carbocycles. The third-order valence-electron chi connectivity index (χ3n) is 2.33. The fraction of sp³-hybridized carbons (Fsp3) is 0.500. The molecule has 0 aliphatic rings. The Morgan fingerprint density at radius 2 is 1.86 bits per heavy atom. The molecule has 1 nitrogen and oxygen atoms in total. The molecule has 0 heterocycles. The summed E-state index contributed by atoms with van der Waals surface area (Å²) in [6.07, 6.45) is -0.627. The highest BCUT2D eigenvalue weighted by Crippen LogP contribution is 2.32. The SMILES string of the molecule is Cc1ccc(C(O)C(C)(C)C)cc1F. The molecule has 0 aliphatic heterocycles. The normalized spacial score (nSPS) is 14.1. The second-order valence-electron chi connectivity index (χ2n) is 4.78. The molecule has 0 bridgehead atoms. The average molecular weight is 196 g/mol. The van der Waals surface area contributed by atoms with E-state index in [2.05, 4.69) is 0 Å². The predicted octanol–water partition coefficient (Wildman–Crippen LogP) is 3.21. The molecule has 1 rings (SSSR count). The second-order valence-corrected chi connectivity index (χ2v) is 4.78. The van der Waals surface area contributed by atoms with Crippen molar-refractivity contribution in [1.29, 1.82) is 0 Å². The summed E-state index contributed by atoms with van der Waals surface area (Å²) in [5, 5.41) is 9.91. The van der Waals surface area contributed by atoms with Crippen molar-refractivity contribution in [3.63, 3.8) is 0 Å². The summed E-state index contributed by atoms with van der Waals surface area (Å²) in [4.78, 5) is 0. The summed E-state index contributed by atoms with van der Waals surface area (Å²) in [6.45, 7) is 7.49. The maximum absolute atomic E-state index is 13.2. The highest BCUT2D eigenvalue weighted by atomic mass is 19.1. The van der Waals surface area contributed by atoms with Crippen molar-refractivity contribution in [2.24, 2.45) is 5.41 Å². The lowest BCUT2D eigenvalue weighted by atomic mass is 9.84. The molecule has 0 fully saturated rings. The zero-order chi connectivity index (χ0) is 10.9. The molecular formula is C12H17FO. The predicted molar refractivity (Wildman–Crippen MR) is 55.6 cm³/mol. The lowest BCUT2D eigenvalue weighted by Gasteiger charge is -2.26. The van der Waals surface area contributed by atoms with E-state index in [-0.39, 0.29) is 11.2 Å². The number of rotatable bonds is 1. The van der Waals surface area contributed by atoms with Crippen molar-refractivity contribution >= 4 is 0 Å². The van der Waals surface area contributed by atoms with Gasteiger partial charge >= 0.3 is 0 Å². The summed E-state index contributed by atoms with van der Waals surface area (Å²) >= 11 is 0. The van der Waals surface area contributed by atoms with Gasteiger partial charge in [-0.1, -0.05) is 32.9 Å². The number of aryl methyl sites for hydroxylation is 1. The summed E-state index contributed by atoms with van der Waals surface area (Å²) in [5.74, 6) is -0.259. The van der Waals surface area contributed by atoms with Crippen LogP contribution in [0.2, 0.25) is 0 Å². The lowest BCUT2D eigenvalue weighted by Crippen LogP contribution is -2.17. The van der Waals surface area contributed by atoms with E-state index in [1.807, 2.05) is 20.8 Å². The van der Waals surface area contributed by atoms with E-state index >= 15 is 0 Å². The van der Waals surface area contributed by atoms with Gasteiger partial charge in [0.15, 0.2) is 0 Å². The first kappa shape index (κ1) is 11.2. The average Bonchev–Trinajstić information content (AvgIpc) is 2.07. The van der Waals surface area contributed by atoms with Gasteiger partial charge in [-0.05, 0) is 29.5 Å². The van der Waals surface area contributed by atoms with E-state index in [0.717, 1.165) is 0 Å². The maximum Gasteiger partial charge on any atom is 0.126 e. The van der Waals surface area contributed by atoms with Crippen molar-refractivity contribution in [2.75, 3.05) is 0 Å². The first-order valence-corrected chi connectivity index (χ1v) is 4.76. The van der Waals surface area contributed by atoms with Crippen molar-refractivity contribution in [3.05, 3.63) is 35.1 Å². The molecule has 2 heteroatoms. The fourth-order valence-corrected chi connectivity index (χ4v) is 1.28. The largest absolute Gasteiger partial charge is 0.388 e. The zero-order valence-corrected chi connectivity index (χ0v) is 9.13. The molecule has 0 radical (unpaired) electrons. The van der Waals surface area contributed by atoms with Crippen LogP contribution >= 0.6 is 0 Å². The van der Waals surface area contributed by atoms with Crippen molar-refractivity contribution in [3.8, 4) is 0 Å². The minimum absolute atomic E-state index is 0.259. The summed E-state index contributed by atoms with van der Waals surface area (Å²) < 4.78 is 13.2. The molecule has 0 aliphatic carbocycles. The van der Waals surface area contributed by atoms with E-state index in [9.17, 15) is 9.50 Å². The fourth-order valence-electron chi connectivity index (χ4n) is 1.28. The molecular weight excluding hydrogens is 179 g/mol. The molecule has 0 amide bonds. The molecule has 1 unspecified atom stereocenters. The van der Waals surface area contributed by atoms with Gasteiger partial charge in [0.05, 0.1) is 6.10 Å². The highest BCUT2D eigenvalue weighted by molar-refractivity contribution is 5.25. The summed E-state index contributed by atoms with van der Waals surface area (Å²) in [7, 11) is 0. The molecule has 0 saturated heterocycles. The summed E-state index contributed by atoms with van der Waals surface area (Å²) in [5.41, 5.74) is 0.984. The van der Waals surface area contributed by atoms with E-state index in [4.69, 9.17) is 0 Å². The molecule has 14 heavy (non-hydrogen) atoms. The van der Waals surface area contributed by atoms with Crippen LogP contribution in [0.5, 0.6) is 0 Å². The first-order chi connectivity index (χ1) is 6.32. The Balaban J connectivity index is 3.03. The van der Waals surface area contributed by atoms with E-state index in [1.165, 1.54) is 6.07 Å². The number of hydrogen-bond acceptors (Lipinski definition) is 1. The second kappa shape index (κ2) is 3.70. The lowest BCUT2D eigenvalue weighted by molar-refractivity contribution is 0.0624. The van der Waals surface area contributed by atoms with Crippen LogP contribution in [0.4, 0.5) is 4.39 Å². The minimum Gasteiger partial charge on any atom is -0.388 e. The quantitative estimate of drug-likeness (QED) is 0.731. The Morgan fingerprint density at radius 3 is 2.29 bits per heavy atom. The van der Waals surface area contributed by atoms with Crippen LogP contribution in [0.25, 0.3) is 0 Å². The van der Waals surface area contributed by atoms with Crippen LogP contribution in [0.15, 0.2) is 18.2 Å². The number of benzene rings is 1. The Hall–Kier alpha value is -0.890. The van der Waals surface area contributed by atoms with Gasteiger partial charge in [0, 0.05) is 0 Å². The van der Waals surface area contributed by atoms with Gasteiger partial charge in [-0.25, -0.2) is 4.39 Å². The third-order valence-corrected chi connectivity index (χ3v) is 2.33. The third kappa shape index (κ3) is 2.32. The van der Waals surface area contributed by atoms with Gasteiger partial charge in [-0.2, -0.15) is 0 Å². The highest BCUT2D eigenvalue weighted by Gasteiger charge is 2.24. The smallest absolute Gasteiger partial charge is 0.126 e. The van der Waals surface area contributed by atoms with Gasteiger partial charge in [0.1, 0.15) is 5.82 Å². The standard InChI is InChI=1S/C12H17FO/c1-8-5-6-9(7-10(8)13)11(14)12(2,3)4/h5-7,11,14H,1-4H3. The Labute approximate surface area is 84.6 Å². The van der Waals surface area contributed by atoms with E-state index in [0.29, 0.717) is 11.1 Å². The van der Waals surface area contributed by atoms with Crippen LogP contribution < -0.4 is 0 Å². The van der Waals surface area contributed by atoms with Gasteiger partial charge in [-0.15, -0.1) is 0 Å². The zero-order valence-electron chi connectivity index (χ0n) is 9.13. The monoisotopic (exact) mass is 196 g/mol. The number of aliphatic hydroxyl groups excluding tert-OH is 1. The van der Waals surface area contributed by atoms with Gasteiger partial charge in [0.2, 0.25) is 0 Å². The van der Waals surface area contributed by atoms with Crippen molar-refractivity contribution in [2.45, 2.75) is 33.8 Å². The number of aliphatic hydroxyl groups is 1. The Bertz CT molecular complexity index is 326. The molecule has 78 valence electrons. The first-order valence-electron chi connectivity index (χ1n) is 4.76. The van der Waals surface area contributed by atoms with Gasteiger partial charge < -0.3 is 5.11 Å². The van der Waals surface area contributed by atoms with Crippen LogP contribution in [0.3, 0.4) is 0 Å². The number of halogens is 1. The minimum atomic E-state index is -0.627. The number of hydrogen-bond donors (Lipinski definition) is 1. The van der Waals surface area contributed by atoms with Crippen LogP contribution in [-0.4, -0.2) is 5.11 Å². The summed E-state index contributed by atoms with van der Waals surface area (Å²) in [6, 6.07) is 4.87. The van der Waals surface area contributed by atoms with Gasteiger partial charge in [0.25, 0.3) is 0 Å². The Morgan fingerprint density at radius 1 is 1.29 bits per heavy atom. The van der Waals surface area contributed by atoms with Gasteiger partial charge in [-0.3, -0.25) is 0 Å². The van der Waals surface area contributed by atoms with Crippen molar-refractivity contribution in [1.82, 2.24) is 0 Å². The molecule has 0 aromatic heterocycles. The molecule has 1 atom stereocenters. The van der Waals surface area contributed by atoms with E-state index in [1.54, 1.807) is 19.1 Å². The van der Waals surface area contributed by atoms with Crippen LogP contribution in [0, 0.1) is 18.2 Å². The maximum atomic E-state index is 13.2. The van der Waals surface area contributed by atoms with Crippen LogP contribution in [0.1, 0.15) is 38.0 Å². The molecule has 0 spiro atoms.